The molecule has 1 heterocycles. The molecule has 0 bridgehead atoms. The zero-order valence-corrected chi connectivity index (χ0v) is 16.2. The number of hydrogen-bond acceptors (Lipinski definition) is 5. The SMILES string of the molecule is COCCNC(=O)c1ccc(Nc2c(C(C)C)cccc2C(C)C)nn1. The first-order valence-corrected chi connectivity index (χ1v) is 8.94. The highest BCUT2D eigenvalue weighted by Gasteiger charge is 2.15. The molecule has 1 amide bonds. The minimum atomic E-state index is -0.258. The second kappa shape index (κ2) is 9.29. The van der Waals surface area contributed by atoms with Gasteiger partial charge in [-0.2, -0.15) is 0 Å². The monoisotopic (exact) mass is 356 g/mol. The number of para-hydroxylation sites is 1. The van der Waals surface area contributed by atoms with Gasteiger partial charge in [-0.05, 0) is 35.1 Å². The van der Waals surface area contributed by atoms with Crippen molar-refractivity contribution < 1.29 is 9.53 Å². The first kappa shape index (κ1) is 19.8. The van der Waals surface area contributed by atoms with Crippen LogP contribution in [0.5, 0.6) is 0 Å². The Morgan fingerprint density at radius 1 is 1.04 bits per heavy atom. The lowest BCUT2D eigenvalue weighted by molar-refractivity contribution is 0.0931. The van der Waals surface area contributed by atoms with E-state index in [4.69, 9.17) is 4.74 Å². The lowest BCUT2D eigenvalue weighted by Gasteiger charge is -2.20. The zero-order chi connectivity index (χ0) is 19.1. The second-order valence-corrected chi connectivity index (χ2v) is 6.80. The summed E-state index contributed by atoms with van der Waals surface area (Å²) in [6.45, 7) is 9.58. The van der Waals surface area contributed by atoms with Gasteiger partial charge in [-0.3, -0.25) is 4.79 Å². The molecular weight excluding hydrogens is 328 g/mol. The number of carbonyl (C=O) groups is 1. The van der Waals surface area contributed by atoms with Gasteiger partial charge in [0.25, 0.3) is 5.91 Å². The summed E-state index contributed by atoms with van der Waals surface area (Å²) in [5, 5.41) is 14.3. The fraction of sp³-hybridized carbons (Fsp3) is 0.450. The van der Waals surface area contributed by atoms with Crippen LogP contribution in [0.3, 0.4) is 0 Å². The van der Waals surface area contributed by atoms with E-state index in [9.17, 15) is 4.79 Å². The summed E-state index contributed by atoms with van der Waals surface area (Å²) < 4.78 is 4.91. The predicted molar refractivity (Wildman–Crippen MR) is 104 cm³/mol. The number of hydrogen-bond donors (Lipinski definition) is 2. The van der Waals surface area contributed by atoms with E-state index in [1.165, 1.54) is 11.1 Å². The zero-order valence-electron chi connectivity index (χ0n) is 16.2. The lowest BCUT2D eigenvalue weighted by Crippen LogP contribution is -2.27. The van der Waals surface area contributed by atoms with Crippen LogP contribution in [0.4, 0.5) is 11.5 Å². The highest BCUT2D eigenvalue weighted by molar-refractivity contribution is 5.92. The Morgan fingerprint density at radius 3 is 2.19 bits per heavy atom. The Labute approximate surface area is 155 Å². The van der Waals surface area contributed by atoms with Crippen LogP contribution in [0.25, 0.3) is 0 Å². The molecule has 0 saturated carbocycles. The van der Waals surface area contributed by atoms with E-state index in [1.54, 1.807) is 19.2 Å². The standard InChI is InChI=1S/C20H28N4O2/c1-13(2)15-7-6-8-16(14(3)4)19(15)22-18-10-9-17(23-24-18)20(25)21-11-12-26-5/h6-10,13-14H,11-12H2,1-5H3,(H,21,25)(H,22,24). The van der Waals surface area contributed by atoms with Gasteiger partial charge in [-0.15, -0.1) is 10.2 Å². The van der Waals surface area contributed by atoms with E-state index >= 15 is 0 Å². The summed E-state index contributed by atoms with van der Waals surface area (Å²) in [5.41, 5.74) is 3.83. The molecule has 2 aromatic rings. The topological polar surface area (TPSA) is 76.1 Å². The summed E-state index contributed by atoms with van der Waals surface area (Å²) in [7, 11) is 1.59. The predicted octanol–water partition coefficient (Wildman–Crippen LogP) is 3.84. The number of nitrogens with one attached hydrogen (secondary N) is 2. The number of ether oxygens (including phenoxy) is 1. The van der Waals surface area contributed by atoms with Crippen LogP contribution < -0.4 is 10.6 Å². The van der Waals surface area contributed by atoms with Crippen molar-refractivity contribution in [2.75, 3.05) is 25.6 Å². The van der Waals surface area contributed by atoms with Gasteiger partial charge >= 0.3 is 0 Å². The Kier molecular flexibility index (Phi) is 7.09. The van der Waals surface area contributed by atoms with Crippen LogP contribution in [0.15, 0.2) is 30.3 Å². The van der Waals surface area contributed by atoms with Gasteiger partial charge in [0.2, 0.25) is 0 Å². The molecule has 0 aliphatic carbocycles. The smallest absolute Gasteiger partial charge is 0.271 e. The number of benzene rings is 1. The maximum Gasteiger partial charge on any atom is 0.271 e. The van der Waals surface area contributed by atoms with Crippen molar-refractivity contribution in [1.82, 2.24) is 15.5 Å². The van der Waals surface area contributed by atoms with Gasteiger partial charge < -0.3 is 15.4 Å². The average molecular weight is 356 g/mol. The van der Waals surface area contributed by atoms with Crippen molar-refractivity contribution in [2.45, 2.75) is 39.5 Å². The number of methoxy groups -OCH3 is 1. The van der Waals surface area contributed by atoms with E-state index in [1.807, 2.05) is 0 Å². The van der Waals surface area contributed by atoms with Crippen LogP contribution in [-0.4, -0.2) is 36.4 Å². The van der Waals surface area contributed by atoms with Crippen molar-refractivity contribution in [1.29, 1.82) is 0 Å². The number of carbonyl (C=O) groups excluding carboxylic acids is 1. The van der Waals surface area contributed by atoms with E-state index in [0.29, 0.717) is 30.8 Å². The normalized spacial score (nSPS) is 11.0. The fourth-order valence-corrected chi connectivity index (χ4v) is 2.70. The van der Waals surface area contributed by atoms with Gasteiger partial charge in [0.1, 0.15) is 0 Å². The second-order valence-electron chi connectivity index (χ2n) is 6.80. The van der Waals surface area contributed by atoms with Crippen LogP contribution in [0, 0.1) is 0 Å². The van der Waals surface area contributed by atoms with E-state index in [2.05, 4.69) is 66.7 Å². The third-order valence-electron chi connectivity index (χ3n) is 4.11. The van der Waals surface area contributed by atoms with Gasteiger partial charge in [0.05, 0.1) is 6.61 Å². The molecule has 140 valence electrons. The highest BCUT2D eigenvalue weighted by atomic mass is 16.5. The molecule has 1 aromatic carbocycles. The maximum absolute atomic E-state index is 12.0. The van der Waals surface area contributed by atoms with Gasteiger partial charge in [-0.1, -0.05) is 45.9 Å². The summed E-state index contributed by atoms with van der Waals surface area (Å²) in [4.78, 5) is 12.0. The quantitative estimate of drug-likeness (QED) is 0.703. The molecule has 6 nitrogen and oxygen atoms in total. The lowest BCUT2D eigenvalue weighted by atomic mass is 9.92. The van der Waals surface area contributed by atoms with Crippen molar-refractivity contribution in [3.05, 3.63) is 47.2 Å². The van der Waals surface area contributed by atoms with Gasteiger partial charge in [0.15, 0.2) is 11.5 Å². The maximum atomic E-state index is 12.0. The molecule has 6 heteroatoms. The Balaban J connectivity index is 2.20. The average Bonchev–Trinajstić information content (AvgIpc) is 2.62. The number of rotatable bonds is 8. The molecule has 0 fully saturated rings. The molecule has 1 aromatic heterocycles. The molecule has 0 spiro atoms. The fourth-order valence-electron chi connectivity index (χ4n) is 2.70. The van der Waals surface area contributed by atoms with E-state index < -0.39 is 0 Å². The molecule has 0 aliphatic heterocycles. The van der Waals surface area contributed by atoms with Gasteiger partial charge in [-0.25, -0.2) is 0 Å². The Morgan fingerprint density at radius 2 is 1.69 bits per heavy atom. The molecule has 0 unspecified atom stereocenters. The Bertz CT molecular complexity index is 701. The van der Waals surface area contributed by atoms with Crippen LogP contribution in [0.2, 0.25) is 0 Å². The number of amides is 1. The van der Waals surface area contributed by atoms with Crippen molar-refractivity contribution >= 4 is 17.4 Å². The first-order chi connectivity index (χ1) is 12.4. The first-order valence-electron chi connectivity index (χ1n) is 8.94. The summed E-state index contributed by atoms with van der Waals surface area (Å²) in [5.74, 6) is 1.13. The molecule has 0 atom stereocenters. The molecular formula is C20H28N4O2. The molecule has 0 radical (unpaired) electrons. The number of anilines is 2. The molecule has 2 N–H and O–H groups in total. The molecule has 2 rings (SSSR count). The van der Waals surface area contributed by atoms with Crippen molar-refractivity contribution in [3.8, 4) is 0 Å². The molecule has 26 heavy (non-hydrogen) atoms. The summed E-state index contributed by atoms with van der Waals surface area (Å²) in [6, 6.07) is 9.80. The van der Waals surface area contributed by atoms with Gasteiger partial charge in [0, 0.05) is 19.3 Å². The Hall–Kier alpha value is -2.47. The largest absolute Gasteiger partial charge is 0.383 e. The minimum absolute atomic E-state index is 0.258. The molecule has 0 aliphatic rings. The highest BCUT2D eigenvalue weighted by Crippen LogP contribution is 2.33. The number of nitrogens with zero attached hydrogens (tertiary/aromatic N) is 2. The van der Waals surface area contributed by atoms with Crippen LogP contribution in [-0.2, 0) is 4.74 Å². The summed E-state index contributed by atoms with van der Waals surface area (Å²) >= 11 is 0. The van der Waals surface area contributed by atoms with Crippen molar-refractivity contribution in [2.24, 2.45) is 0 Å². The van der Waals surface area contributed by atoms with Crippen LogP contribution >= 0.6 is 0 Å². The third-order valence-corrected chi connectivity index (χ3v) is 4.11. The number of aromatic nitrogens is 2. The minimum Gasteiger partial charge on any atom is -0.383 e. The van der Waals surface area contributed by atoms with Crippen molar-refractivity contribution in [3.63, 3.8) is 0 Å². The van der Waals surface area contributed by atoms with E-state index in [-0.39, 0.29) is 11.6 Å². The molecule has 0 saturated heterocycles. The summed E-state index contributed by atoms with van der Waals surface area (Å²) in [6.07, 6.45) is 0. The van der Waals surface area contributed by atoms with Crippen LogP contribution in [0.1, 0.15) is 61.1 Å². The third kappa shape index (κ3) is 5.02. The van der Waals surface area contributed by atoms with E-state index in [0.717, 1.165) is 5.69 Å².